The molecule has 0 bridgehead atoms. The highest BCUT2D eigenvalue weighted by molar-refractivity contribution is 5.74. The third-order valence-corrected chi connectivity index (χ3v) is 13.3. The van der Waals surface area contributed by atoms with Crippen molar-refractivity contribution in [3.05, 3.63) is 0 Å². The minimum atomic E-state index is -2.38. The molecule has 2 amide bonds. The third kappa shape index (κ3) is 21.8. The quantitative estimate of drug-likeness (QED) is 0.0275. The van der Waals surface area contributed by atoms with E-state index >= 15 is 0 Å². The van der Waals surface area contributed by atoms with Crippen LogP contribution in [0.3, 0.4) is 0 Å². The van der Waals surface area contributed by atoms with Gasteiger partial charge in [-0.05, 0) is 0 Å². The largest absolute Gasteiger partial charge is 0.479 e. The molecule has 0 aromatic rings. The van der Waals surface area contributed by atoms with Crippen molar-refractivity contribution >= 4 is 23.8 Å². The number of rotatable bonds is 37. The number of aliphatic hydroxyl groups is 14. The van der Waals surface area contributed by atoms with Crippen LogP contribution >= 0.6 is 0 Å². The van der Waals surface area contributed by atoms with Gasteiger partial charge in [0.2, 0.25) is 11.8 Å². The Morgan fingerprint density at radius 3 is 1.29 bits per heavy atom. The predicted molar refractivity (Wildman–Crippen MR) is 267 cm³/mol. The summed E-state index contributed by atoms with van der Waals surface area (Å²) >= 11 is 0. The Labute approximate surface area is 480 Å². The molecule has 36 heteroatoms. The molecule has 4 fully saturated rings. The zero-order valence-corrected chi connectivity index (χ0v) is 46.4. The molecule has 0 aromatic heterocycles. The number of hydrogen-bond acceptors (Lipinski definition) is 32. The average Bonchev–Trinajstić information content (AvgIpc) is 2.07. The fourth-order valence-electron chi connectivity index (χ4n) is 8.99. The molecule has 490 valence electrons. The maximum atomic E-state index is 13.0. The van der Waals surface area contributed by atoms with Gasteiger partial charge in [-0.2, -0.15) is 0 Å². The number of hydrogen-bond donors (Lipinski definition) is 18. The summed E-state index contributed by atoms with van der Waals surface area (Å²) < 4.78 is 78.8. The number of aliphatic carboxylic acids is 2. The molecule has 0 saturated carbocycles. The number of ether oxygens (including phenoxy) is 14. The number of nitrogens with one attached hydrogen (secondary N) is 2. The summed E-state index contributed by atoms with van der Waals surface area (Å²) in [5.74, 6) is -6.32. The van der Waals surface area contributed by atoms with Crippen LogP contribution < -0.4 is 10.6 Å². The number of carboxylic acid groups (broad SMARTS) is 2. The molecule has 0 radical (unpaired) electrons. The monoisotopic (exact) mass is 1230 g/mol. The highest BCUT2D eigenvalue weighted by Gasteiger charge is 2.57. The summed E-state index contributed by atoms with van der Waals surface area (Å²) in [6.45, 7) is -2.92. The van der Waals surface area contributed by atoms with Gasteiger partial charge in [0.05, 0.1) is 98.6 Å². The first-order valence-corrected chi connectivity index (χ1v) is 26.7. The van der Waals surface area contributed by atoms with Crippen LogP contribution in [-0.2, 0) is 85.5 Å². The number of carboxylic acids is 2. The van der Waals surface area contributed by atoms with E-state index in [2.05, 4.69) is 10.6 Å². The lowest BCUT2D eigenvalue weighted by Crippen LogP contribution is -2.70. The highest BCUT2D eigenvalue weighted by Crippen LogP contribution is 2.36. The van der Waals surface area contributed by atoms with Crippen LogP contribution in [0.4, 0.5) is 0 Å². The SMILES string of the molecule is COC1OC(COCC(O)CO)C(O)C(OC2OC(C(=O)O)C(OC3OC(COCC(O)COCC(O)COCC(COCC(O)CO)OCC(O)CO)C(O)C(OC4OC(C(=O)O)[C@@H](C)C(O)C4O)C3NC(C)=O)C(O)C2O)C1NC(C)=O. The third-order valence-electron chi connectivity index (χ3n) is 13.3. The van der Waals surface area contributed by atoms with Crippen molar-refractivity contribution < 1.29 is 167 Å². The Morgan fingerprint density at radius 1 is 0.452 bits per heavy atom. The van der Waals surface area contributed by atoms with E-state index in [0.717, 1.165) is 21.0 Å². The molecule has 4 rings (SSSR count). The second-order valence-electron chi connectivity index (χ2n) is 20.4. The van der Waals surface area contributed by atoms with E-state index < -0.39 is 242 Å². The molecule has 4 saturated heterocycles. The number of amides is 2. The predicted octanol–water partition coefficient (Wildman–Crippen LogP) is -11.1. The molecule has 18 N–H and O–H groups in total. The van der Waals surface area contributed by atoms with E-state index in [9.17, 15) is 90.7 Å². The molecule has 25 unspecified atom stereocenters. The minimum absolute atomic E-state index is 0.167. The van der Waals surface area contributed by atoms with Gasteiger partial charge >= 0.3 is 11.9 Å². The summed E-state index contributed by atoms with van der Waals surface area (Å²) in [4.78, 5) is 50.4. The molecule has 4 heterocycles. The van der Waals surface area contributed by atoms with Crippen molar-refractivity contribution in [1.82, 2.24) is 10.6 Å². The first kappa shape index (κ1) is 73.2. The van der Waals surface area contributed by atoms with Gasteiger partial charge in [0, 0.05) is 26.9 Å². The van der Waals surface area contributed by atoms with Crippen molar-refractivity contribution in [3.63, 3.8) is 0 Å². The van der Waals surface area contributed by atoms with Gasteiger partial charge in [-0.1, -0.05) is 6.92 Å². The molecule has 0 spiro atoms. The van der Waals surface area contributed by atoms with E-state index in [1.165, 1.54) is 6.92 Å². The highest BCUT2D eigenvalue weighted by atomic mass is 16.8. The Kier molecular flexibility index (Phi) is 31.6. The lowest BCUT2D eigenvalue weighted by atomic mass is 9.90. The van der Waals surface area contributed by atoms with Gasteiger partial charge in [-0.3, -0.25) is 9.59 Å². The van der Waals surface area contributed by atoms with Crippen molar-refractivity contribution in [2.24, 2.45) is 5.92 Å². The number of methoxy groups -OCH3 is 1. The maximum absolute atomic E-state index is 13.0. The van der Waals surface area contributed by atoms with E-state index in [0.29, 0.717) is 0 Å². The maximum Gasteiger partial charge on any atom is 0.335 e. The molecule has 4 aliphatic rings. The van der Waals surface area contributed by atoms with E-state index in [4.69, 9.17) is 76.5 Å². The summed E-state index contributed by atoms with van der Waals surface area (Å²) in [7, 11) is 1.16. The normalized spacial score (nSPS) is 36.0. The Bertz CT molecular complexity index is 1940. The van der Waals surface area contributed by atoms with Crippen LogP contribution in [0.15, 0.2) is 0 Å². The van der Waals surface area contributed by atoms with E-state index in [1.807, 2.05) is 0 Å². The Morgan fingerprint density at radius 2 is 0.833 bits per heavy atom. The number of carbonyl (C=O) groups excluding carboxylic acids is 2. The summed E-state index contributed by atoms with van der Waals surface area (Å²) in [5.41, 5.74) is 0. The Balaban J connectivity index is 1.53. The van der Waals surface area contributed by atoms with Gasteiger partial charge in [0.25, 0.3) is 0 Å². The van der Waals surface area contributed by atoms with Crippen LogP contribution in [0.1, 0.15) is 20.8 Å². The number of aliphatic hydroxyl groups excluding tert-OH is 14. The first-order chi connectivity index (χ1) is 39.8. The first-order valence-electron chi connectivity index (χ1n) is 26.7. The summed E-state index contributed by atoms with van der Waals surface area (Å²) in [5, 5.41) is 171. The zero-order chi connectivity index (χ0) is 62.5. The van der Waals surface area contributed by atoms with E-state index in [1.54, 1.807) is 0 Å². The van der Waals surface area contributed by atoms with Crippen LogP contribution in [0, 0.1) is 5.92 Å². The molecule has 84 heavy (non-hydrogen) atoms. The Hall–Kier alpha value is -3.24. The molecule has 0 aromatic carbocycles. The number of carbonyl (C=O) groups is 4. The summed E-state index contributed by atoms with van der Waals surface area (Å²) in [6, 6.07) is -3.29. The van der Waals surface area contributed by atoms with Crippen molar-refractivity contribution in [3.8, 4) is 0 Å². The van der Waals surface area contributed by atoms with Crippen LogP contribution in [0.2, 0.25) is 0 Å². The molecular weight excluding hydrogens is 1150 g/mol. The van der Waals surface area contributed by atoms with Crippen molar-refractivity contribution in [2.45, 2.75) is 174 Å². The molecule has 4 aliphatic heterocycles. The fraction of sp³-hybridized carbons (Fsp3) is 0.917. The van der Waals surface area contributed by atoms with Gasteiger partial charge in [-0.25, -0.2) is 9.59 Å². The van der Waals surface area contributed by atoms with Gasteiger partial charge in [-0.15, -0.1) is 0 Å². The second kappa shape index (κ2) is 36.3. The van der Waals surface area contributed by atoms with E-state index in [-0.39, 0.29) is 33.0 Å². The minimum Gasteiger partial charge on any atom is -0.479 e. The van der Waals surface area contributed by atoms with Crippen molar-refractivity contribution in [2.75, 3.05) is 99.6 Å². The lowest BCUT2D eigenvalue weighted by Gasteiger charge is -2.50. The van der Waals surface area contributed by atoms with Gasteiger partial charge in [0.1, 0.15) is 110 Å². The lowest BCUT2D eigenvalue weighted by molar-refractivity contribution is -0.368. The van der Waals surface area contributed by atoms with Crippen LogP contribution in [0.25, 0.3) is 0 Å². The standard InChI is InChI=1S/C48H84N2O34/c1-19-32(61)36(65)47(80-38(19)43(67)68)82-40-31(50-21(3)55)46(79-29(34(40)63)18-76-13-26(60)11-72-10-25(59)12-74-16-27(77-14-24(58)7-53)15-73-8-22(56)5-51)83-41-35(64)37(66)48(84-42(41)44(69)70)81-39-30(49-20(2)54)45(71-4)78-28(33(39)62)17-75-9-23(57)6-52/h19,22-42,45-48,51-53,56-66H,5-18H2,1-4H3,(H,49,54)(H,50,55)(H,67,68)(H,69,70)/t19-,22?,23?,24?,25?,26?,27?,28?,29?,30?,31?,32?,33?,34?,35?,36?,37?,38?,39?,40?,41?,42?,45?,46?,47?,48?/m0/s1. The second-order valence-corrected chi connectivity index (χ2v) is 20.4. The van der Waals surface area contributed by atoms with Gasteiger partial charge < -0.3 is 159 Å². The smallest absolute Gasteiger partial charge is 0.335 e. The average molecular weight is 1230 g/mol. The zero-order valence-electron chi connectivity index (χ0n) is 46.4. The van der Waals surface area contributed by atoms with Gasteiger partial charge in [0.15, 0.2) is 37.4 Å². The molecular formula is C48H84N2O34. The topological polar surface area (TPSA) is 545 Å². The fourth-order valence-corrected chi connectivity index (χ4v) is 8.99. The molecule has 26 atom stereocenters. The van der Waals surface area contributed by atoms with Crippen molar-refractivity contribution in [1.29, 1.82) is 0 Å². The van der Waals surface area contributed by atoms with Crippen LogP contribution in [-0.4, -0.2) is 358 Å². The van der Waals surface area contributed by atoms with Crippen LogP contribution in [0.5, 0.6) is 0 Å². The molecule has 0 aliphatic carbocycles. The molecule has 36 nitrogen and oxygen atoms in total. The summed E-state index contributed by atoms with van der Waals surface area (Å²) in [6.07, 6.45) is -40.7.